The van der Waals surface area contributed by atoms with Gasteiger partial charge in [-0.25, -0.2) is 0 Å². The van der Waals surface area contributed by atoms with Gasteiger partial charge in [0, 0.05) is 25.2 Å². The molecule has 0 aromatic heterocycles. The highest BCUT2D eigenvalue weighted by Crippen LogP contribution is 2.25. The van der Waals surface area contributed by atoms with Gasteiger partial charge in [0.25, 0.3) is 5.91 Å². The van der Waals surface area contributed by atoms with Gasteiger partial charge in [-0.05, 0) is 24.6 Å². The van der Waals surface area contributed by atoms with Crippen LogP contribution < -0.4 is 21.3 Å². The summed E-state index contributed by atoms with van der Waals surface area (Å²) in [6.45, 7) is 4.31. The molecule has 0 spiro atoms. The lowest BCUT2D eigenvalue weighted by atomic mass is 10.1. The minimum Gasteiger partial charge on any atom is -0.382 e. The van der Waals surface area contributed by atoms with E-state index in [0.29, 0.717) is 12.1 Å². The molecule has 0 radical (unpaired) electrons. The zero-order valence-electron chi connectivity index (χ0n) is 11.6. The quantitative estimate of drug-likeness (QED) is 0.640. The van der Waals surface area contributed by atoms with Crippen LogP contribution in [-0.2, 0) is 4.79 Å². The second-order valence-corrected chi connectivity index (χ2v) is 4.65. The molecule has 1 aromatic rings. The Bertz CT molecular complexity index is 502. The van der Waals surface area contributed by atoms with Crippen molar-refractivity contribution in [1.29, 1.82) is 0 Å². The second-order valence-electron chi connectivity index (χ2n) is 4.65. The number of hydrogen-bond acceptors (Lipinski definition) is 4. The fourth-order valence-corrected chi connectivity index (χ4v) is 1.97. The molecule has 1 aromatic carbocycles. The fraction of sp³-hybridized carbons (Fsp3) is 0.429. The predicted octanol–water partition coefficient (Wildman–Crippen LogP) is 0.780. The molecule has 0 saturated carbocycles. The SMILES string of the molecule is CCCNC(=O)CNC(=O)c1ccc2c(c1)NCCN2. The van der Waals surface area contributed by atoms with Crippen molar-refractivity contribution < 1.29 is 9.59 Å². The molecule has 2 amide bonds. The molecule has 6 heteroatoms. The minimum absolute atomic E-state index is 0.00158. The number of rotatable bonds is 5. The van der Waals surface area contributed by atoms with Crippen molar-refractivity contribution in [3.8, 4) is 0 Å². The summed E-state index contributed by atoms with van der Waals surface area (Å²) in [4.78, 5) is 23.4. The number of fused-ring (bicyclic) bond motifs is 1. The summed E-state index contributed by atoms with van der Waals surface area (Å²) in [5.41, 5.74) is 2.45. The van der Waals surface area contributed by atoms with Gasteiger partial charge in [-0.1, -0.05) is 6.92 Å². The minimum atomic E-state index is -0.244. The summed E-state index contributed by atoms with van der Waals surface area (Å²) in [5, 5.41) is 11.8. The van der Waals surface area contributed by atoms with Crippen LogP contribution in [0.2, 0.25) is 0 Å². The summed E-state index contributed by atoms with van der Waals surface area (Å²) in [6, 6.07) is 5.41. The first kappa shape index (κ1) is 14.2. The van der Waals surface area contributed by atoms with E-state index < -0.39 is 0 Å². The number of carbonyl (C=O) groups is 2. The van der Waals surface area contributed by atoms with Crippen molar-refractivity contribution in [3.63, 3.8) is 0 Å². The zero-order chi connectivity index (χ0) is 14.4. The Kier molecular flexibility index (Phi) is 4.81. The van der Waals surface area contributed by atoms with Crippen LogP contribution in [0.1, 0.15) is 23.7 Å². The summed E-state index contributed by atoms with van der Waals surface area (Å²) in [5.74, 6) is -0.412. The van der Waals surface area contributed by atoms with Gasteiger partial charge >= 0.3 is 0 Å². The number of hydrogen-bond donors (Lipinski definition) is 4. The highest BCUT2D eigenvalue weighted by molar-refractivity contribution is 5.98. The molecule has 1 heterocycles. The van der Waals surface area contributed by atoms with Gasteiger partial charge in [0.15, 0.2) is 0 Å². The molecule has 20 heavy (non-hydrogen) atoms. The molecule has 4 N–H and O–H groups in total. The maximum atomic E-state index is 12.0. The molecule has 0 unspecified atom stereocenters. The molecular weight excluding hydrogens is 256 g/mol. The number of amides is 2. The van der Waals surface area contributed by atoms with E-state index in [1.165, 1.54) is 0 Å². The van der Waals surface area contributed by atoms with E-state index in [1.807, 2.05) is 13.0 Å². The van der Waals surface area contributed by atoms with Gasteiger partial charge in [0.1, 0.15) is 0 Å². The Morgan fingerprint density at radius 2 is 1.90 bits per heavy atom. The maximum absolute atomic E-state index is 12.0. The van der Waals surface area contributed by atoms with Crippen molar-refractivity contribution in [2.75, 3.05) is 36.8 Å². The Hall–Kier alpha value is -2.24. The normalized spacial score (nSPS) is 12.7. The standard InChI is InChI=1S/C14H20N4O2/c1-2-5-17-13(19)9-18-14(20)10-3-4-11-12(8-10)16-7-6-15-11/h3-4,8,15-16H,2,5-7,9H2,1H3,(H,17,19)(H,18,20). The maximum Gasteiger partial charge on any atom is 0.251 e. The molecule has 0 saturated heterocycles. The zero-order valence-corrected chi connectivity index (χ0v) is 11.6. The third-order valence-electron chi connectivity index (χ3n) is 3.02. The first-order valence-electron chi connectivity index (χ1n) is 6.87. The monoisotopic (exact) mass is 276 g/mol. The first-order valence-corrected chi connectivity index (χ1v) is 6.87. The third-order valence-corrected chi connectivity index (χ3v) is 3.02. The van der Waals surface area contributed by atoms with Gasteiger partial charge in [-0.15, -0.1) is 0 Å². The van der Waals surface area contributed by atoms with Crippen molar-refractivity contribution in [1.82, 2.24) is 10.6 Å². The number of carbonyl (C=O) groups excluding carboxylic acids is 2. The average Bonchev–Trinajstić information content (AvgIpc) is 2.50. The van der Waals surface area contributed by atoms with Crippen LogP contribution >= 0.6 is 0 Å². The predicted molar refractivity (Wildman–Crippen MR) is 79.1 cm³/mol. The molecule has 2 rings (SSSR count). The smallest absolute Gasteiger partial charge is 0.251 e. The molecule has 0 aliphatic carbocycles. The molecular formula is C14H20N4O2. The van der Waals surface area contributed by atoms with E-state index in [0.717, 1.165) is 30.9 Å². The van der Waals surface area contributed by atoms with E-state index >= 15 is 0 Å². The molecule has 0 bridgehead atoms. The molecule has 1 aliphatic heterocycles. The summed E-state index contributed by atoms with van der Waals surface area (Å²) >= 11 is 0. The fourth-order valence-electron chi connectivity index (χ4n) is 1.97. The lowest BCUT2D eigenvalue weighted by Crippen LogP contribution is -2.37. The van der Waals surface area contributed by atoms with Crippen LogP contribution in [0.5, 0.6) is 0 Å². The van der Waals surface area contributed by atoms with Crippen molar-refractivity contribution >= 4 is 23.2 Å². The Morgan fingerprint density at radius 3 is 2.65 bits per heavy atom. The lowest BCUT2D eigenvalue weighted by molar-refractivity contribution is -0.120. The topological polar surface area (TPSA) is 82.3 Å². The Morgan fingerprint density at radius 1 is 1.15 bits per heavy atom. The molecule has 0 atom stereocenters. The van der Waals surface area contributed by atoms with Gasteiger partial charge in [0.2, 0.25) is 5.91 Å². The molecule has 1 aliphatic rings. The molecule has 108 valence electrons. The largest absolute Gasteiger partial charge is 0.382 e. The van der Waals surface area contributed by atoms with Crippen LogP contribution in [0.25, 0.3) is 0 Å². The van der Waals surface area contributed by atoms with Gasteiger partial charge in [-0.2, -0.15) is 0 Å². The van der Waals surface area contributed by atoms with E-state index in [1.54, 1.807) is 12.1 Å². The Labute approximate surface area is 118 Å². The van der Waals surface area contributed by atoms with Gasteiger partial charge in [-0.3, -0.25) is 9.59 Å². The van der Waals surface area contributed by atoms with Crippen LogP contribution in [0.3, 0.4) is 0 Å². The van der Waals surface area contributed by atoms with E-state index in [2.05, 4.69) is 21.3 Å². The van der Waals surface area contributed by atoms with Crippen LogP contribution in [0, 0.1) is 0 Å². The van der Waals surface area contributed by atoms with Crippen molar-refractivity contribution in [2.45, 2.75) is 13.3 Å². The van der Waals surface area contributed by atoms with Crippen LogP contribution in [0.15, 0.2) is 18.2 Å². The van der Waals surface area contributed by atoms with Gasteiger partial charge < -0.3 is 21.3 Å². The summed E-state index contributed by atoms with van der Waals surface area (Å²) < 4.78 is 0. The van der Waals surface area contributed by atoms with Crippen LogP contribution in [0.4, 0.5) is 11.4 Å². The lowest BCUT2D eigenvalue weighted by Gasteiger charge is -2.20. The third kappa shape index (κ3) is 3.63. The highest BCUT2D eigenvalue weighted by atomic mass is 16.2. The van der Waals surface area contributed by atoms with Crippen LogP contribution in [-0.4, -0.2) is 38.0 Å². The van der Waals surface area contributed by atoms with Gasteiger partial charge in [0.05, 0.1) is 17.9 Å². The number of nitrogens with one attached hydrogen (secondary N) is 4. The van der Waals surface area contributed by atoms with E-state index in [9.17, 15) is 9.59 Å². The van der Waals surface area contributed by atoms with E-state index in [-0.39, 0.29) is 18.4 Å². The average molecular weight is 276 g/mol. The highest BCUT2D eigenvalue weighted by Gasteiger charge is 2.12. The summed E-state index contributed by atoms with van der Waals surface area (Å²) in [6.07, 6.45) is 0.878. The van der Waals surface area contributed by atoms with Crippen molar-refractivity contribution in [3.05, 3.63) is 23.8 Å². The van der Waals surface area contributed by atoms with E-state index in [4.69, 9.17) is 0 Å². The number of benzene rings is 1. The Balaban J connectivity index is 1.91. The molecule has 6 nitrogen and oxygen atoms in total. The second kappa shape index (κ2) is 6.79. The van der Waals surface area contributed by atoms with Crippen molar-refractivity contribution in [2.24, 2.45) is 0 Å². The summed E-state index contributed by atoms with van der Waals surface area (Å²) in [7, 11) is 0. The first-order chi connectivity index (χ1) is 9.70. The molecule has 0 fully saturated rings. The number of anilines is 2.